The molecule has 0 rings (SSSR count). The zero-order valence-electron chi connectivity index (χ0n) is 6.87. The zero-order chi connectivity index (χ0) is 10.4. The van der Waals surface area contributed by atoms with Crippen molar-refractivity contribution in [3.05, 3.63) is 0 Å². The van der Waals surface area contributed by atoms with Gasteiger partial charge >= 0.3 is 7.82 Å². The summed E-state index contributed by atoms with van der Waals surface area (Å²) in [5, 5.41) is 2.12. The predicted molar refractivity (Wildman–Crippen MR) is 55.6 cm³/mol. The third kappa shape index (κ3) is 22.5. The quantitative estimate of drug-likeness (QED) is 0.534. The summed E-state index contributed by atoms with van der Waals surface area (Å²) < 4.78 is 8.88. The van der Waals surface area contributed by atoms with Gasteiger partial charge in [0, 0.05) is 10.7 Å². The van der Waals surface area contributed by atoms with E-state index in [4.69, 9.17) is 19.2 Å². The molecule has 0 aliphatic carbocycles. The van der Waals surface area contributed by atoms with Crippen LogP contribution in [-0.2, 0) is 4.57 Å². The van der Waals surface area contributed by atoms with Crippen molar-refractivity contribution in [2.75, 3.05) is 10.7 Å². The molecule has 0 unspecified atom stereocenters. The van der Waals surface area contributed by atoms with Crippen LogP contribution < -0.4 is 0 Å². The second-order valence-corrected chi connectivity index (χ2v) is 5.09. The first kappa shape index (κ1) is 15.5. The molecule has 0 aliphatic rings. The topological polar surface area (TPSA) is 77.8 Å². The van der Waals surface area contributed by atoms with Gasteiger partial charge in [0.25, 0.3) is 0 Å². The van der Waals surface area contributed by atoms with Gasteiger partial charge in [0.2, 0.25) is 0 Å². The zero-order valence-corrected chi connectivity index (χ0v) is 10.9. The Morgan fingerprint density at radius 1 is 1.17 bits per heavy atom. The number of halogens is 2. The molecule has 0 saturated heterocycles. The van der Waals surface area contributed by atoms with Gasteiger partial charge in [-0.05, 0) is 5.41 Å². The third-order valence-corrected chi connectivity index (χ3v) is 3.76. The summed E-state index contributed by atoms with van der Waals surface area (Å²) in [7, 11) is -4.64. The van der Waals surface area contributed by atoms with Crippen LogP contribution in [0.3, 0.4) is 0 Å². The Morgan fingerprint density at radius 2 is 1.33 bits per heavy atom. The molecule has 0 fully saturated rings. The summed E-state index contributed by atoms with van der Waals surface area (Å²) in [5.74, 6) is 0. The van der Waals surface area contributed by atoms with E-state index < -0.39 is 7.82 Å². The van der Waals surface area contributed by atoms with Crippen molar-refractivity contribution in [2.45, 2.75) is 13.8 Å². The minimum Gasteiger partial charge on any atom is -0.303 e. The molecule has 0 saturated carbocycles. The summed E-state index contributed by atoms with van der Waals surface area (Å²) in [6.07, 6.45) is 0. The molecule has 0 bridgehead atoms. The van der Waals surface area contributed by atoms with Gasteiger partial charge in [-0.3, -0.25) is 0 Å². The Morgan fingerprint density at radius 3 is 1.33 bits per heavy atom. The fraction of sp³-hybridized carbons (Fsp3) is 1.00. The molecule has 0 aliphatic heterocycles. The highest BCUT2D eigenvalue weighted by atomic mass is 79.9. The molecule has 12 heavy (non-hydrogen) atoms. The van der Waals surface area contributed by atoms with Crippen molar-refractivity contribution in [3.63, 3.8) is 0 Å². The van der Waals surface area contributed by atoms with E-state index in [9.17, 15) is 0 Å². The number of hydrogen-bond acceptors (Lipinski definition) is 1. The highest BCUT2D eigenvalue weighted by molar-refractivity contribution is 9.09. The standard InChI is InChI=1S/C5H10Br2.H3O4P/c1-5(2,3-6)4-7;1-5(2,3)4/h3-4H2,1-2H3;(H3,1,2,3,4). The average molecular weight is 328 g/mol. The van der Waals surface area contributed by atoms with E-state index in [1.54, 1.807) is 0 Å². The summed E-state index contributed by atoms with van der Waals surface area (Å²) in [4.78, 5) is 21.6. The third-order valence-electron chi connectivity index (χ3n) is 0.724. The van der Waals surface area contributed by atoms with Gasteiger partial charge < -0.3 is 14.7 Å². The lowest BCUT2D eigenvalue weighted by molar-refractivity contribution is 0.275. The molecule has 0 spiro atoms. The lowest BCUT2D eigenvalue weighted by atomic mass is 10.0. The van der Waals surface area contributed by atoms with E-state index in [2.05, 4.69) is 45.7 Å². The summed E-state index contributed by atoms with van der Waals surface area (Å²) in [6.45, 7) is 4.41. The SMILES string of the molecule is CC(C)(CBr)CBr.O=P(O)(O)O. The molecule has 76 valence electrons. The molecule has 0 amide bonds. The van der Waals surface area contributed by atoms with Crippen LogP contribution >= 0.6 is 39.7 Å². The Bertz CT molecular complexity index is 141. The molecule has 3 N–H and O–H groups in total. The number of alkyl halides is 2. The maximum Gasteiger partial charge on any atom is 0.466 e. The van der Waals surface area contributed by atoms with Gasteiger partial charge in [-0.1, -0.05) is 45.7 Å². The number of rotatable bonds is 2. The van der Waals surface area contributed by atoms with Gasteiger partial charge in [-0.2, -0.15) is 0 Å². The van der Waals surface area contributed by atoms with E-state index in [-0.39, 0.29) is 0 Å². The molecule has 0 radical (unpaired) electrons. The first-order chi connectivity index (χ1) is 5.12. The molecular formula is C5H13Br2O4P. The molecule has 0 aromatic carbocycles. The van der Waals surface area contributed by atoms with Crippen molar-refractivity contribution in [1.29, 1.82) is 0 Å². The van der Waals surface area contributed by atoms with Gasteiger partial charge in [0.1, 0.15) is 0 Å². The van der Waals surface area contributed by atoms with E-state index in [1.807, 2.05) is 0 Å². The Labute approximate surface area is 88.9 Å². The van der Waals surface area contributed by atoms with Crippen LogP contribution in [0.2, 0.25) is 0 Å². The molecule has 4 nitrogen and oxygen atoms in total. The van der Waals surface area contributed by atoms with Crippen LogP contribution in [0.25, 0.3) is 0 Å². The Hall–Kier alpha value is 1.07. The number of phosphoric acid groups is 1. The molecule has 0 heterocycles. The van der Waals surface area contributed by atoms with Gasteiger partial charge in [-0.25, -0.2) is 4.57 Å². The van der Waals surface area contributed by atoms with Crippen molar-refractivity contribution in [3.8, 4) is 0 Å². The Kier molecular flexibility index (Phi) is 8.43. The summed E-state index contributed by atoms with van der Waals surface area (Å²) in [6, 6.07) is 0. The molecular weight excluding hydrogens is 315 g/mol. The predicted octanol–water partition coefficient (Wildman–Crippen LogP) is 1.87. The van der Waals surface area contributed by atoms with Crippen LogP contribution in [0.4, 0.5) is 0 Å². The first-order valence-corrected chi connectivity index (χ1v) is 6.83. The van der Waals surface area contributed by atoms with Crippen LogP contribution in [0.15, 0.2) is 0 Å². The lowest BCUT2D eigenvalue weighted by Crippen LogP contribution is -2.13. The minimum atomic E-state index is -4.64. The monoisotopic (exact) mass is 326 g/mol. The minimum absolute atomic E-state index is 0.417. The van der Waals surface area contributed by atoms with Crippen LogP contribution in [0.1, 0.15) is 13.8 Å². The average Bonchev–Trinajstić information content (AvgIpc) is 1.85. The maximum atomic E-state index is 8.88. The van der Waals surface area contributed by atoms with Crippen molar-refractivity contribution >= 4 is 39.7 Å². The van der Waals surface area contributed by atoms with Crippen LogP contribution in [-0.4, -0.2) is 25.3 Å². The van der Waals surface area contributed by atoms with Gasteiger partial charge in [-0.15, -0.1) is 0 Å². The van der Waals surface area contributed by atoms with E-state index in [0.29, 0.717) is 5.41 Å². The highest BCUT2D eigenvalue weighted by Crippen LogP contribution is 2.25. The largest absolute Gasteiger partial charge is 0.466 e. The maximum absolute atomic E-state index is 8.88. The molecule has 0 atom stereocenters. The van der Waals surface area contributed by atoms with E-state index >= 15 is 0 Å². The summed E-state index contributed by atoms with van der Waals surface area (Å²) in [5.41, 5.74) is 0.417. The normalized spacial score (nSPS) is 11.9. The molecule has 0 aromatic heterocycles. The fourth-order valence-corrected chi connectivity index (χ4v) is 0.964. The Balaban J connectivity index is 0. The first-order valence-electron chi connectivity index (χ1n) is 3.02. The fourth-order valence-electron chi connectivity index (χ4n) is 0.0357. The smallest absolute Gasteiger partial charge is 0.303 e. The van der Waals surface area contributed by atoms with Crippen molar-refractivity contribution in [2.24, 2.45) is 5.41 Å². The molecule has 0 aromatic rings. The number of hydrogen-bond donors (Lipinski definition) is 3. The van der Waals surface area contributed by atoms with Crippen molar-refractivity contribution < 1.29 is 19.2 Å². The van der Waals surface area contributed by atoms with Crippen LogP contribution in [0, 0.1) is 5.41 Å². The lowest BCUT2D eigenvalue weighted by Gasteiger charge is -2.16. The van der Waals surface area contributed by atoms with Crippen LogP contribution in [0.5, 0.6) is 0 Å². The second-order valence-electron chi connectivity index (χ2n) is 2.94. The summed E-state index contributed by atoms with van der Waals surface area (Å²) >= 11 is 6.80. The van der Waals surface area contributed by atoms with Crippen molar-refractivity contribution in [1.82, 2.24) is 0 Å². The van der Waals surface area contributed by atoms with Gasteiger partial charge in [0.15, 0.2) is 0 Å². The van der Waals surface area contributed by atoms with Gasteiger partial charge in [0.05, 0.1) is 0 Å². The molecule has 7 heteroatoms. The van der Waals surface area contributed by atoms with E-state index in [0.717, 1.165) is 10.7 Å². The van der Waals surface area contributed by atoms with E-state index in [1.165, 1.54) is 0 Å². The highest BCUT2D eigenvalue weighted by Gasteiger charge is 2.12. The second kappa shape index (κ2) is 6.51.